The molecular weight excluding hydrogens is 324 g/mol. The Balaban J connectivity index is 1.73. The summed E-state index contributed by atoms with van der Waals surface area (Å²) in [6.45, 7) is 0.539. The summed E-state index contributed by atoms with van der Waals surface area (Å²) in [5.41, 5.74) is 3.68. The van der Waals surface area contributed by atoms with Gasteiger partial charge in [-0.15, -0.1) is 0 Å². The monoisotopic (exact) mass is 344 g/mol. The molecule has 1 atom stereocenters. The summed E-state index contributed by atoms with van der Waals surface area (Å²) in [4.78, 5) is 15.1. The van der Waals surface area contributed by atoms with Crippen LogP contribution in [0.15, 0.2) is 78.9 Å². The summed E-state index contributed by atoms with van der Waals surface area (Å²) in [5, 5.41) is 3.52. The minimum atomic E-state index is -0.233. The van der Waals surface area contributed by atoms with Crippen molar-refractivity contribution in [3.8, 4) is 5.75 Å². The second-order valence-corrected chi connectivity index (χ2v) is 6.28. The molecule has 4 rings (SSSR count). The smallest absolute Gasteiger partial charge is 0.258 e. The molecule has 0 fully saturated rings. The van der Waals surface area contributed by atoms with E-state index in [2.05, 4.69) is 5.32 Å². The lowest BCUT2D eigenvalue weighted by atomic mass is 10.0. The minimum absolute atomic E-state index is 0.0315. The first-order valence-corrected chi connectivity index (χ1v) is 8.60. The highest BCUT2D eigenvalue weighted by Crippen LogP contribution is 2.34. The Morgan fingerprint density at radius 3 is 2.35 bits per heavy atom. The van der Waals surface area contributed by atoms with Gasteiger partial charge in [0, 0.05) is 12.2 Å². The number of hydrogen-bond donors (Lipinski definition) is 1. The van der Waals surface area contributed by atoms with Crippen LogP contribution in [0.4, 0.5) is 5.69 Å². The van der Waals surface area contributed by atoms with Gasteiger partial charge in [0.25, 0.3) is 5.91 Å². The first-order chi connectivity index (χ1) is 12.8. The molecule has 3 aromatic rings. The number of amides is 1. The standard InChI is InChI=1S/C22H20N2O2/c1-26-18-13-11-17(12-14-18)21-23-20-10-6-5-9-19(20)22(25)24(21)15-16-7-3-2-4-8-16/h2-14,21,23H,15H2,1H3/t21-/m1/s1. The maximum absolute atomic E-state index is 13.2. The molecule has 130 valence electrons. The van der Waals surface area contributed by atoms with Gasteiger partial charge >= 0.3 is 0 Å². The number of carbonyl (C=O) groups is 1. The van der Waals surface area contributed by atoms with Gasteiger partial charge in [0.1, 0.15) is 11.9 Å². The van der Waals surface area contributed by atoms with E-state index in [1.807, 2.05) is 83.8 Å². The average molecular weight is 344 g/mol. The van der Waals surface area contributed by atoms with Gasteiger partial charge in [-0.05, 0) is 35.4 Å². The van der Waals surface area contributed by atoms with Crippen molar-refractivity contribution >= 4 is 11.6 Å². The molecule has 0 aromatic heterocycles. The van der Waals surface area contributed by atoms with Crippen LogP contribution in [0, 0.1) is 0 Å². The number of anilines is 1. The first-order valence-electron chi connectivity index (χ1n) is 8.60. The number of ether oxygens (including phenoxy) is 1. The number of rotatable bonds is 4. The summed E-state index contributed by atoms with van der Waals surface area (Å²) in [7, 11) is 1.65. The number of nitrogens with zero attached hydrogens (tertiary/aromatic N) is 1. The van der Waals surface area contributed by atoms with E-state index >= 15 is 0 Å². The molecule has 4 nitrogen and oxygen atoms in total. The van der Waals surface area contributed by atoms with Gasteiger partial charge in [0.05, 0.1) is 12.7 Å². The molecule has 3 aromatic carbocycles. The summed E-state index contributed by atoms with van der Waals surface area (Å²) in [5.74, 6) is 0.829. The largest absolute Gasteiger partial charge is 0.497 e. The number of methoxy groups -OCH3 is 1. The highest BCUT2D eigenvalue weighted by Gasteiger charge is 2.32. The predicted octanol–water partition coefficient (Wildman–Crippen LogP) is 4.46. The van der Waals surface area contributed by atoms with Crippen molar-refractivity contribution in [3.05, 3.63) is 95.6 Å². The van der Waals surface area contributed by atoms with Gasteiger partial charge in [0.2, 0.25) is 0 Å². The molecule has 0 saturated heterocycles. The topological polar surface area (TPSA) is 41.6 Å². The van der Waals surface area contributed by atoms with E-state index in [9.17, 15) is 4.79 Å². The number of fused-ring (bicyclic) bond motifs is 1. The van der Waals surface area contributed by atoms with E-state index in [1.54, 1.807) is 7.11 Å². The van der Waals surface area contributed by atoms with Crippen LogP contribution < -0.4 is 10.1 Å². The molecule has 0 bridgehead atoms. The Morgan fingerprint density at radius 1 is 0.923 bits per heavy atom. The molecule has 4 heteroatoms. The predicted molar refractivity (Wildman–Crippen MR) is 102 cm³/mol. The highest BCUT2D eigenvalue weighted by atomic mass is 16.5. The van der Waals surface area contributed by atoms with Gasteiger partial charge in [-0.3, -0.25) is 4.79 Å². The van der Waals surface area contributed by atoms with Crippen LogP contribution in [-0.4, -0.2) is 17.9 Å². The number of carbonyl (C=O) groups excluding carboxylic acids is 1. The molecule has 0 aliphatic carbocycles. The lowest BCUT2D eigenvalue weighted by Crippen LogP contribution is -2.42. The van der Waals surface area contributed by atoms with Crippen molar-refractivity contribution in [2.45, 2.75) is 12.7 Å². The SMILES string of the molecule is COc1ccc([C@@H]2Nc3ccccc3C(=O)N2Cc2ccccc2)cc1. The normalized spacial score (nSPS) is 16.0. The highest BCUT2D eigenvalue weighted by molar-refractivity contribution is 6.01. The summed E-state index contributed by atoms with van der Waals surface area (Å²) in [6.07, 6.45) is -0.233. The molecule has 0 spiro atoms. The molecular formula is C22H20N2O2. The summed E-state index contributed by atoms with van der Waals surface area (Å²) >= 11 is 0. The van der Waals surface area contributed by atoms with Crippen LogP contribution in [0.3, 0.4) is 0 Å². The van der Waals surface area contributed by atoms with Gasteiger partial charge < -0.3 is 15.0 Å². The summed E-state index contributed by atoms with van der Waals surface area (Å²) < 4.78 is 5.26. The molecule has 1 aliphatic heterocycles. The van der Waals surface area contributed by atoms with Crippen LogP contribution in [0.5, 0.6) is 5.75 Å². The Bertz CT molecular complexity index is 907. The van der Waals surface area contributed by atoms with E-state index in [1.165, 1.54) is 0 Å². The van der Waals surface area contributed by atoms with Crippen molar-refractivity contribution < 1.29 is 9.53 Å². The van der Waals surface area contributed by atoms with E-state index in [4.69, 9.17) is 4.74 Å². The minimum Gasteiger partial charge on any atom is -0.497 e. The van der Waals surface area contributed by atoms with Crippen molar-refractivity contribution in [2.24, 2.45) is 0 Å². The van der Waals surface area contributed by atoms with E-state index in [-0.39, 0.29) is 12.1 Å². The Labute approximate surface area is 153 Å². The fourth-order valence-electron chi connectivity index (χ4n) is 3.29. The van der Waals surface area contributed by atoms with Crippen LogP contribution in [0.1, 0.15) is 27.7 Å². The zero-order valence-electron chi connectivity index (χ0n) is 14.6. The lowest BCUT2D eigenvalue weighted by molar-refractivity contribution is 0.0666. The van der Waals surface area contributed by atoms with Crippen molar-refractivity contribution in [3.63, 3.8) is 0 Å². The second-order valence-electron chi connectivity index (χ2n) is 6.28. The van der Waals surface area contributed by atoms with Crippen molar-refractivity contribution in [2.75, 3.05) is 12.4 Å². The Morgan fingerprint density at radius 2 is 1.62 bits per heavy atom. The third kappa shape index (κ3) is 3.02. The molecule has 1 amide bonds. The molecule has 1 aliphatic rings. The number of para-hydroxylation sites is 1. The second kappa shape index (κ2) is 6.92. The van der Waals surface area contributed by atoms with E-state index in [0.717, 1.165) is 22.6 Å². The van der Waals surface area contributed by atoms with Crippen LogP contribution >= 0.6 is 0 Å². The average Bonchev–Trinajstić information content (AvgIpc) is 2.71. The Kier molecular flexibility index (Phi) is 4.32. The zero-order valence-corrected chi connectivity index (χ0v) is 14.6. The molecule has 1 N–H and O–H groups in total. The molecule has 0 unspecified atom stereocenters. The molecule has 0 saturated carbocycles. The van der Waals surface area contributed by atoms with Crippen LogP contribution in [0.25, 0.3) is 0 Å². The third-order valence-corrected chi connectivity index (χ3v) is 4.65. The maximum atomic E-state index is 13.2. The molecule has 26 heavy (non-hydrogen) atoms. The van der Waals surface area contributed by atoms with Crippen LogP contribution in [0.2, 0.25) is 0 Å². The third-order valence-electron chi connectivity index (χ3n) is 4.65. The van der Waals surface area contributed by atoms with Crippen LogP contribution in [-0.2, 0) is 6.54 Å². The number of nitrogens with one attached hydrogen (secondary N) is 1. The molecule has 1 heterocycles. The van der Waals surface area contributed by atoms with Crippen molar-refractivity contribution in [1.29, 1.82) is 0 Å². The van der Waals surface area contributed by atoms with Gasteiger partial charge in [0.15, 0.2) is 0 Å². The van der Waals surface area contributed by atoms with Gasteiger partial charge in [-0.2, -0.15) is 0 Å². The summed E-state index contributed by atoms with van der Waals surface area (Å²) in [6, 6.07) is 25.5. The van der Waals surface area contributed by atoms with Gasteiger partial charge in [-0.25, -0.2) is 0 Å². The Hall–Kier alpha value is -3.27. The van der Waals surface area contributed by atoms with Gasteiger partial charge in [-0.1, -0.05) is 54.6 Å². The fraction of sp³-hybridized carbons (Fsp3) is 0.136. The maximum Gasteiger partial charge on any atom is 0.258 e. The zero-order chi connectivity index (χ0) is 17.9. The van der Waals surface area contributed by atoms with E-state index in [0.29, 0.717) is 12.1 Å². The first kappa shape index (κ1) is 16.2. The number of hydrogen-bond acceptors (Lipinski definition) is 3. The fourth-order valence-corrected chi connectivity index (χ4v) is 3.29. The van der Waals surface area contributed by atoms with E-state index < -0.39 is 0 Å². The lowest BCUT2D eigenvalue weighted by Gasteiger charge is -2.38. The van der Waals surface area contributed by atoms with Crippen molar-refractivity contribution in [1.82, 2.24) is 4.90 Å². The quantitative estimate of drug-likeness (QED) is 0.760. The number of benzene rings is 3. The molecule has 0 radical (unpaired) electrons.